The van der Waals surface area contributed by atoms with E-state index in [2.05, 4.69) is 4.90 Å². The summed E-state index contributed by atoms with van der Waals surface area (Å²) in [6.45, 7) is 3.02. The Morgan fingerprint density at radius 3 is 2.56 bits per heavy atom. The molecule has 0 aliphatic carbocycles. The Kier molecular flexibility index (Phi) is 8.20. The smallest absolute Gasteiger partial charge is 0.227 e. The number of carbonyl (C=O) groups excluding carboxylic acids is 1. The number of amides is 1. The van der Waals surface area contributed by atoms with Crippen molar-refractivity contribution in [1.82, 2.24) is 9.80 Å². The minimum Gasteiger partial charge on any atom is -0.341 e. The molecule has 0 N–H and O–H groups in total. The molecule has 25 heavy (non-hydrogen) atoms. The van der Waals surface area contributed by atoms with E-state index in [0.717, 1.165) is 31.6 Å². The lowest BCUT2D eigenvalue weighted by Crippen LogP contribution is -2.45. The summed E-state index contributed by atoms with van der Waals surface area (Å²) in [6.07, 6.45) is 5.19. The molecular formula is C18H26Cl2N2O2S. The Bertz CT molecular complexity index is 621. The standard InChI is InChI=1S/C18H26Cl2N2O2S/c1-21(18(23)12-14-5-6-16(19)17(20)11-14)15(7-10-25(2)24)13-22-8-3-4-9-22/h5-6,11,15H,3-4,7-10,12-13H2,1-2H3/t15-,25?/m0/s1. The van der Waals surface area contributed by atoms with Crippen molar-refractivity contribution < 1.29 is 9.00 Å². The third-order valence-corrected chi connectivity index (χ3v) is 6.24. The van der Waals surface area contributed by atoms with Crippen molar-refractivity contribution in [2.24, 2.45) is 0 Å². The van der Waals surface area contributed by atoms with Gasteiger partial charge in [0.05, 0.1) is 16.5 Å². The number of carbonyl (C=O) groups is 1. The summed E-state index contributed by atoms with van der Waals surface area (Å²) in [5.41, 5.74) is 0.852. The van der Waals surface area contributed by atoms with Crippen LogP contribution in [-0.2, 0) is 22.0 Å². The Morgan fingerprint density at radius 1 is 1.28 bits per heavy atom. The van der Waals surface area contributed by atoms with Crippen molar-refractivity contribution >= 4 is 39.9 Å². The summed E-state index contributed by atoms with van der Waals surface area (Å²) in [6, 6.07) is 5.37. The predicted octanol–water partition coefficient (Wildman–Crippen LogP) is 3.23. The van der Waals surface area contributed by atoms with E-state index in [-0.39, 0.29) is 11.9 Å². The lowest BCUT2D eigenvalue weighted by molar-refractivity contribution is -0.131. The summed E-state index contributed by atoms with van der Waals surface area (Å²) in [5.74, 6) is 0.660. The van der Waals surface area contributed by atoms with Gasteiger partial charge in [0.25, 0.3) is 0 Å². The largest absolute Gasteiger partial charge is 0.341 e. The fraction of sp³-hybridized carbons (Fsp3) is 0.611. The first-order valence-corrected chi connectivity index (χ1v) is 11.1. The molecule has 1 aromatic rings. The first-order valence-electron chi connectivity index (χ1n) is 8.59. The third kappa shape index (κ3) is 6.55. The second-order valence-electron chi connectivity index (χ2n) is 6.66. The second-order valence-corrected chi connectivity index (χ2v) is 9.03. The van der Waals surface area contributed by atoms with Gasteiger partial charge in [-0.25, -0.2) is 0 Å². The van der Waals surface area contributed by atoms with Crippen LogP contribution in [0.3, 0.4) is 0 Å². The minimum atomic E-state index is -0.851. The molecule has 140 valence electrons. The van der Waals surface area contributed by atoms with E-state index in [1.165, 1.54) is 12.8 Å². The molecule has 0 aromatic heterocycles. The van der Waals surface area contributed by atoms with Gasteiger partial charge in [-0.2, -0.15) is 0 Å². The highest BCUT2D eigenvalue weighted by atomic mass is 35.5. The van der Waals surface area contributed by atoms with E-state index in [4.69, 9.17) is 23.2 Å². The molecule has 1 unspecified atom stereocenters. The molecule has 1 heterocycles. The molecule has 0 saturated carbocycles. The van der Waals surface area contributed by atoms with Gasteiger partial charge in [0.1, 0.15) is 0 Å². The number of likely N-dealkylation sites (N-methyl/N-ethyl adjacent to an activating group) is 1. The molecule has 0 spiro atoms. The summed E-state index contributed by atoms with van der Waals surface area (Å²) in [5, 5.41) is 0.952. The fourth-order valence-electron chi connectivity index (χ4n) is 3.13. The zero-order valence-corrected chi connectivity index (χ0v) is 17.2. The maximum absolute atomic E-state index is 12.7. The molecule has 1 aromatic carbocycles. The SMILES string of the molecule is CN(C(=O)Cc1ccc(Cl)c(Cl)c1)[C@@H](CCS(C)=O)CN1CCCC1. The lowest BCUT2D eigenvalue weighted by atomic mass is 10.1. The molecule has 7 heteroatoms. The lowest BCUT2D eigenvalue weighted by Gasteiger charge is -2.31. The third-order valence-electron chi connectivity index (χ3n) is 4.69. The number of likely N-dealkylation sites (tertiary alicyclic amines) is 1. The molecule has 4 nitrogen and oxygen atoms in total. The first kappa shape index (κ1) is 20.7. The molecule has 1 fully saturated rings. The number of benzene rings is 1. The molecule has 0 radical (unpaired) electrons. The summed E-state index contributed by atoms with van der Waals surface area (Å²) >= 11 is 12.0. The summed E-state index contributed by atoms with van der Waals surface area (Å²) < 4.78 is 11.5. The van der Waals surface area contributed by atoms with Gasteiger partial charge in [-0.1, -0.05) is 29.3 Å². The highest BCUT2D eigenvalue weighted by molar-refractivity contribution is 7.84. The Hall–Kier alpha value is -0.620. The zero-order valence-electron chi connectivity index (χ0n) is 14.8. The highest BCUT2D eigenvalue weighted by Gasteiger charge is 2.24. The normalized spacial score (nSPS) is 17.4. The summed E-state index contributed by atoms with van der Waals surface area (Å²) in [4.78, 5) is 16.9. The van der Waals surface area contributed by atoms with Crippen LogP contribution in [0, 0.1) is 0 Å². The Labute approximate surface area is 162 Å². The predicted molar refractivity (Wildman–Crippen MR) is 106 cm³/mol. The van der Waals surface area contributed by atoms with Crippen LogP contribution < -0.4 is 0 Å². The van der Waals surface area contributed by atoms with E-state index < -0.39 is 10.8 Å². The second kappa shape index (κ2) is 9.91. The van der Waals surface area contributed by atoms with Crippen molar-refractivity contribution in [2.75, 3.05) is 38.7 Å². The van der Waals surface area contributed by atoms with Gasteiger partial charge in [-0.3, -0.25) is 9.00 Å². The molecule has 1 aliphatic rings. The molecular weight excluding hydrogens is 379 g/mol. The molecule has 2 atom stereocenters. The monoisotopic (exact) mass is 404 g/mol. The first-order chi connectivity index (χ1) is 11.9. The molecule has 1 saturated heterocycles. The van der Waals surface area contributed by atoms with Crippen LogP contribution in [0.2, 0.25) is 10.0 Å². The number of nitrogens with zero attached hydrogens (tertiary/aromatic N) is 2. The van der Waals surface area contributed by atoms with Crippen molar-refractivity contribution in [3.05, 3.63) is 33.8 Å². The molecule has 1 amide bonds. The van der Waals surface area contributed by atoms with Crippen LogP contribution >= 0.6 is 23.2 Å². The number of rotatable bonds is 8. The van der Waals surface area contributed by atoms with Gasteiger partial charge >= 0.3 is 0 Å². The van der Waals surface area contributed by atoms with E-state index >= 15 is 0 Å². The van der Waals surface area contributed by atoms with Gasteiger partial charge in [0, 0.05) is 42.4 Å². The van der Waals surface area contributed by atoms with E-state index in [1.54, 1.807) is 18.4 Å². The van der Waals surface area contributed by atoms with E-state index in [0.29, 0.717) is 22.2 Å². The maximum atomic E-state index is 12.7. The van der Waals surface area contributed by atoms with Crippen LogP contribution in [-0.4, -0.2) is 64.6 Å². The average Bonchev–Trinajstić information content (AvgIpc) is 3.07. The van der Waals surface area contributed by atoms with Crippen LogP contribution in [0.1, 0.15) is 24.8 Å². The van der Waals surface area contributed by atoms with Crippen LogP contribution in [0.5, 0.6) is 0 Å². The van der Waals surface area contributed by atoms with Crippen LogP contribution in [0.4, 0.5) is 0 Å². The van der Waals surface area contributed by atoms with Crippen LogP contribution in [0.25, 0.3) is 0 Å². The van der Waals surface area contributed by atoms with E-state index in [9.17, 15) is 9.00 Å². The van der Waals surface area contributed by atoms with Crippen molar-refractivity contribution in [2.45, 2.75) is 31.7 Å². The van der Waals surface area contributed by atoms with Gasteiger partial charge in [-0.05, 0) is 50.0 Å². The quantitative estimate of drug-likeness (QED) is 0.667. The Morgan fingerprint density at radius 2 is 1.96 bits per heavy atom. The topological polar surface area (TPSA) is 40.6 Å². The molecule has 0 bridgehead atoms. The highest BCUT2D eigenvalue weighted by Crippen LogP contribution is 2.23. The van der Waals surface area contributed by atoms with E-state index in [1.807, 2.05) is 18.0 Å². The van der Waals surface area contributed by atoms with Gasteiger partial charge < -0.3 is 9.80 Å². The summed E-state index contributed by atoms with van der Waals surface area (Å²) in [7, 11) is 0.995. The van der Waals surface area contributed by atoms with Gasteiger partial charge in [-0.15, -0.1) is 0 Å². The molecule has 1 aliphatic heterocycles. The van der Waals surface area contributed by atoms with Crippen molar-refractivity contribution in [1.29, 1.82) is 0 Å². The van der Waals surface area contributed by atoms with Crippen molar-refractivity contribution in [3.63, 3.8) is 0 Å². The number of hydrogen-bond acceptors (Lipinski definition) is 3. The zero-order chi connectivity index (χ0) is 18.4. The number of halogens is 2. The average molecular weight is 405 g/mol. The van der Waals surface area contributed by atoms with Gasteiger partial charge in [0.15, 0.2) is 0 Å². The molecule has 2 rings (SSSR count). The van der Waals surface area contributed by atoms with Gasteiger partial charge in [0.2, 0.25) is 5.91 Å². The Balaban J connectivity index is 2.01. The van der Waals surface area contributed by atoms with Crippen molar-refractivity contribution in [3.8, 4) is 0 Å². The van der Waals surface area contributed by atoms with Crippen LogP contribution in [0.15, 0.2) is 18.2 Å². The minimum absolute atomic E-state index is 0.0458. The maximum Gasteiger partial charge on any atom is 0.227 e. The number of hydrogen-bond donors (Lipinski definition) is 0. The fourth-order valence-corrected chi connectivity index (χ4v) is 4.05.